The summed E-state index contributed by atoms with van der Waals surface area (Å²) in [6, 6.07) is 9.71. The number of thiophene rings is 1. The highest BCUT2D eigenvalue weighted by atomic mass is 35.5. The molecule has 0 saturated heterocycles. The fourth-order valence-corrected chi connectivity index (χ4v) is 5.35. The molecule has 2 aromatic heterocycles. The number of nitrogens with zero attached hydrogens (tertiary/aromatic N) is 1. The number of fused-ring (bicyclic) bond motifs is 1. The molecule has 1 fully saturated rings. The van der Waals surface area contributed by atoms with Crippen LogP contribution in [0.4, 0.5) is 16.0 Å². The third-order valence-corrected chi connectivity index (χ3v) is 7.39. The van der Waals surface area contributed by atoms with Crippen LogP contribution in [0.1, 0.15) is 12.8 Å². The molecule has 0 aliphatic heterocycles. The van der Waals surface area contributed by atoms with E-state index >= 15 is 0 Å². The van der Waals surface area contributed by atoms with Gasteiger partial charge < -0.3 is 10.3 Å². The van der Waals surface area contributed by atoms with E-state index in [-0.39, 0.29) is 16.0 Å². The van der Waals surface area contributed by atoms with Gasteiger partial charge in [0.15, 0.2) is 0 Å². The van der Waals surface area contributed by atoms with Gasteiger partial charge in [-0.3, -0.25) is 0 Å². The van der Waals surface area contributed by atoms with E-state index in [2.05, 4.69) is 20.0 Å². The Labute approximate surface area is 181 Å². The van der Waals surface area contributed by atoms with Crippen molar-refractivity contribution in [2.45, 2.75) is 23.8 Å². The number of halogens is 2. The molecule has 30 heavy (non-hydrogen) atoms. The summed E-state index contributed by atoms with van der Waals surface area (Å²) in [6.07, 6.45) is 1.71. The molecule has 1 aliphatic carbocycles. The van der Waals surface area contributed by atoms with Gasteiger partial charge in [0.2, 0.25) is 16.0 Å². The van der Waals surface area contributed by atoms with E-state index in [1.54, 1.807) is 35.6 Å². The van der Waals surface area contributed by atoms with Gasteiger partial charge in [-0.05, 0) is 59.5 Å². The summed E-state index contributed by atoms with van der Waals surface area (Å²) in [5.41, 5.74) is 3.19. The first-order chi connectivity index (χ1) is 14.4. The van der Waals surface area contributed by atoms with Crippen molar-refractivity contribution in [2.75, 3.05) is 5.32 Å². The lowest BCUT2D eigenvalue weighted by atomic mass is 10.1. The van der Waals surface area contributed by atoms with Gasteiger partial charge in [0.1, 0.15) is 16.4 Å². The number of nitrogens with one attached hydrogen (secondary N) is 3. The van der Waals surface area contributed by atoms with Gasteiger partial charge in [-0.2, -0.15) is 11.3 Å². The minimum Gasteiger partial charge on any atom is -0.325 e. The number of hydrogen-bond donors (Lipinski definition) is 3. The molecule has 0 atom stereocenters. The zero-order valence-corrected chi connectivity index (χ0v) is 17.8. The fraction of sp³-hybridized carbons (Fsp3) is 0.150. The van der Waals surface area contributed by atoms with Gasteiger partial charge in [-0.1, -0.05) is 17.7 Å². The van der Waals surface area contributed by atoms with E-state index in [9.17, 15) is 12.8 Å². The summed E-state index contributed by atoms with van der Waals surface area (Å²) >= 11 is 7.57. The quantitative estimate of drug-likeness (QED) is 0.364. The Morgan fingerprint density at radius 2 is 2.03 bits per heavy atom. The fourth-order valence-electron chi connectivity index (χ4n) is 3.16. The maximum atomic E-state index is 13.7. The van der Waals surface area contributed by atoms with Crippen molar-refractivity contribution in [1.29, 1.82) is 0 Å². The second-order valence-corrected chi connectivity index (χ2v) is 9.95. The maximum Gasteiger partial charge on any atom is 0.240 e. The Kier molecular flexibility index (Phi) is 4.78. The highest BCUT2D eigenvalue weighted by Gasteiger charge is 2.28. The lowest BCUT2D eigenvalue weighted by molar-refractivity contribution is 0.581. The van der Waals surface area contributed by atoms with Gasteiger partial charge in [0, 0.05) is 11.6 Å². The maximum absolute atomic E-state index is 13.7. The van der Waals surface area contributed by atoms with E-state index in [0.29, 0.717) is 22.7 Å². The Bertz CT molecular complexity index is 1350. The molecule has 0 radical (unpaired) electrons. The van der Waals surface area contributed by atoms with Crippen LogP contribution in [0, 0.1) is 5.82 Å². The van der Waals surface area contributed by atoms with Crippen LogP contribution < -0.4 is 10.0 Å². The summed E-state index contributed by atoms with van der Waals surface area (Å²) in [4.78, 5) is 7.55. The molecular weight excluding hydrogens is 447 g/mol. The van der Waals surface area contributed by atoms with Crippen LogP contribution in [0.5, 0.6) is 0 Å². The number of hydrogen-bond acceptors (Lipinski definition) is 5. The topological polar surface area (TPSA) is 86.9 Å². The lowest BCUT2D eigenvalue weighted by Gasteiger charge is -2.13. The van der Waals surface area contributed by atoms with Crippen LogP contribution in [0.2, 0.25) is 5.02 Å². The van der Waals surface area contributed by atoms with E-state index < -0.39 is 15.8 Å². The van der Waals surface area contributed by atoms with Crippen LogP contribution in [0.3, 0.4) is 0 Å². The molecule has 5 rings (SSSR count). The summed E-state index contributed by atoms with van der Waals surface area (Å²) in [6.45, 7) is 0. The number of benzene rings is 2. The monoisotopic (exact) mass is 462 g/mol. The number of rotatable bonds is 6. The molecule has 0 bridgehead atoms. The number of anilines is 2. The van der Waals surface area contributed by atoms with Crippen LogP contribution in [-0.4, -0.2) is 24.4 Å². The second kappa shape index (κ2) is 7.35. The molecule has 0 unspecified atom stereocenters. The van der Waals surface area contributed by atoms with E-state index in [4.69, 9.17) is 11.6 Å². The molecule has 4 aromatic rings. The Morgan fingerprint density at radius 1 is 1.20 bits per heavy atom. The highest BCUT2D eigenvalue weighted by molar-refractivity contribution is 7.89. The van der Waals surface area contributed by atoms with Crippen LogP contribution in [0.25, 0.3) is 22.2 Å². The molecular formula is C20H16ClFN4O2S2. The van der Waals surface area contributed by atoms with Crippen molar-refractivity contribution >= 4 is 55.6 Å². The normalized spacial score (nSPS) is 14.3. The Morgan fingerprint density at radius 3 is 2.77 bits per heavy atom. The van der Waals surface area contributed by atoms with Crippen molar-refractivity contribution in [1.82, 2.24) is 14.7 Å². The third-order valence-electron chi connectivity index (χ3n) is 4.83. The van der Waals surface area contributed by atoms with Crippen LogP contribution in [-0.2, 0) is 10.0 Å². The molecule has 0 spiro atoms. The predicted molar refractivity (Wildman–Crippen MR) is 117 cm³/mol. The summed E-state index contributed by atoms with van der Waals surface area (Å²) in [7, 11) is -3.62. The molecule has 0 amide bonds. The Balaban J connectivity index is 1.58. The minimum atomic E-state index is -3.62. The molecule has 3 N–H and O–H groups in total. The number of H-pyrrole nitrogens is 1. The largest absolute Gasteiger partial charge is 0.325 e. The SMILES string of the molecule is O=S(=O)(NC1CC1)c1ccc(-c2ccsc2)c(Nc2nc3c(Cl)c(F)ccc3[nH]2)c1. The number of sulfonamides is 1. The molecule has 6 nitrogen and oxygen atoms in total. The van der Waals surface area contributed by atoms with Crippen molar-refractivity contribution in [2.24, 2.45) is 0 Å². The molecule has 1 saturated carbocycles. The first kappa shape index (κ1) is 19.5. The average Bonchev–Trinajstić information content (AvgIpc) is 3.18. The smallest absolute Gasteiger partial charge is 0.240 e. The number of aromatic amines is 1. The van der Waals surface area contributed by atoms with Gasteiger partial charge in [-0.25, -0.2) is 22.5 Å². The zero-order chi connectivity index (χ0) is 20.9. The number of aromatic nitrogens is 2. The van der Waals surface area contributed by atoms with Crippen molar-refractivity contribution in [3.8, 4) is 11.1 Å². The summed E-state index contributed by atoms with van der Waals surface area (Å²) < 4.78 is 41.8. The van der Waals surface area contributed by atoms with E-state index in [1.165, 1.54) is 6.07 Å². The summed E-state index contributed by atoms with van der Waals surface area (Å²) in [5.74, 6) is -0.223. The zero-order valence-electron chi connectivity index (χ0n) is 15.4. The predicted octanol–water partition coefficient (Wildman–Crippen LogP) is 5.27. The van der Waals surface area contributed by atoms with E-state index in [1.807, 2.05) is 16.8 Å². The van der Waals surface area contributed by atoms with Crippen LogP contribution in [0.15, 0.2) is 52.1 Å². The third kappa shape index (κ3) is 3.69. The first-order valence-electron chi connectivity index (χ1n) is 9.20. The van der Waals surface area contributed by atoms with Gasteiger partial charge >= 0.3 is 0 Å². The Hall–Kier alpha value is -2.46. The van der Waals surface area contributed by atoms with Crippen molar-refractivity contribution in [3.63, 3.8) is 0 Å². The van der Waals surface area contributed by atoms with Crippen molar-refractivity contribution in [3.05, 3.63) is 58.0 Å². The van der Waals surface area contributed by atoms with Gasteiger partial charge in [0.25, 0.3) is 0 Å². The van der Waals surface area contributed by atoms with Crippen LogP contribution >= 0.6 is 22.9 Å². The van der Waals surface area contributed by atoms with E-state index in [0.717, 1.165) is 24.0 Å². The first-order valence-corrected chi connectivity index (χ1v) is 12.0. The van der Waals surface area contributed by atoms with Gasteiger partial charge in [-0.15, -0.1) is 0 Å². The number of imidazole rings is 1. The molecule has 1 aliphatic rings. The molecule has 2 heterocycles. The minimum absolute atomic E-state index is 0.00960. The molecule has 2 aromatic carbocycles. The molecule has 154 valence electrons. The average molecular weight is 463 g/mol. The standard InChI is InChI=1S/C20H16ClFN4O2S2/c21-18-15(22)5-6-16-19(18)25-20(23-16)24-17-9-13(30(27,28)26-12-1-2-12)3-4-14(17)11-7-8-29-10-11/h3-10,12,26H,1-2H2,(H2,23,24,25). The van der Waals surface area contributed by atoms with Gasteiger partial charge in [0.05, 0.1) is 16.1 Å². The highest BCUT2D eigenvalue weighted by Crippen LogP contribution is 2.35. The molecule has 10 heteroatoms. The summed E-state index contributed by atoms with van der Waals surface area (Å²) in [5, 5.41) is 6.99. The second-order valence-electron chi connectivity index (χ2n) is 7.08. The lowest BCUT2D eigenvalue weighted by Crippen LogP contribution is -2.25. The van der Waals surface area contributed by atoms with Crippen molar-refractivity contribution < 1.29 is 12.8 Å².